The number of methoxy groups -OCH3 is 1. The Labute approximate surface area is 168 Å². The van der Waals surface area contributed by atoms with Gasteiger partial charge in [-0.3, -0.25) is 14.6 Å². The largest absolute Gasteiger partial charge is 0.374 e. The van der Waals surface area contributed by atoms with E-state index in [1.165, 1.54) is 16.7 Å². The highest BCUT2D eigenvalue weighted by atomic mass is 32.2. The first kappa shape index (κ1) is 20.1. The van der Waals surface area contributed by atoms with Crippen LogP contribution >= 0.6 is 11.8 Å². The number of thioether (sulfide) groups is 1. The van der Waals surface area contributed by atoms with E-state index in [0.717, 1.165) is 5.56 Å². The van der Waals surface area contributed by atoms with E-state index in [2.05, 4.69) is 16.4 Å². The molecule has 0 saturated carbocycles. The minimum absolute atomic E-state index is 0.148. The summed E-state index contributed by atoms with van der Waals surface area (Å²) in [6.07, 6.45) is 1.57. The van der Waals surface area contributed by atoms with Crippen molar-refractivity contribution < 1.29 is 14.3 Å². The van der Waals surface area contributed by atoms with Crippen LogP contribution in [0.5, 0.6) is 0 Å². The molecule has 1 saturated heterocycles. The van der Waals surface area contributed by atoms with Crippen molar-refractivity contribution in [3.63, 3.8) is 0 Å². The highest BCUT2D eigenvalue weighted by molar-refractivity contribution is 7.99. The maximum Gasteiger partial charge on any atom is 0.252 e. The zero-order valence-electron chi connectivity index (χ0n) is 16.1. The van der Waals surface area contributed by atoms with Crippen molar-refractivity contribution in [3.05, 3.63) is 41.6 Å². The molecule has 0 radical (unpaired) electrons. The summed E-state index contributed by atoms with van der Waals surface area (Å²) in [4.78, 5) is 30.9. The number of pyridine rings is 1. The molecule has 3 rings (SSSR count). The Kier molecular flexibility index (Phi) is 5.87. The third-order valence-corrected chi connectivity index (χ3v) is 5.96. The number of ether oxygens (including phenoxy) is 1. The third-order valence-electron chi connectivity index (χ3n) is 4.94. The predicted octanol–water partition coefficient (Wildman–Crippen LogP) is 2.27. The molecule has 2 heterocycles. The standard InChI is InChI=1S/C20H22N4O3S/c1-20(2,27-3)13-4-5-17-16(8-13)15(6-7-22-17)19(26)23-10-18(25)24-12-28-11-14(24)9-21/h4-8,14H,10-12H2,1-3H3,(H,23,26). The summed E-state index contributed by atoms with van der Waals surface area (Å²) >= 11 is 1.53. The molecule has 1 atom stereocenters. The Morgan fingerprint density at radius 2 is 2.21 bits per heavy atom. The number of nitrogens with one attached hydrogen (secondary N) is 1. The molecule has 8 heteroatoms. The molecule has 1 unspecified atom stereocenters. The smallest absolute Gasteiger partial charge is 0.252 e. The van der Waals surface area contributed by atoms with Gasteiger partial charge in [-0.25, -0.2) is 0 Å². The van der Waals surface area contributed by atoms with Crippen LogP contribution in [0.15, 0.2) is 30.5 Å². The van der Waals surface area contributed by atoms with Gasteiger partial charge in [0, 0.05) is 24.4 Å². The fourth-order valence-corrected chi connectivity index (χ4v) is 4.09. The summed E-state index contributed by atoms with van der Waals surface area (Å²) in [7, 11) is 1.64. The normalized spacial score (nSPS) is 16.8. The first-order chi connectivity index (χ1) is 13.4. The maximum atomic E-state index is 12.7. The number of fused-ring (bicyclic) bond motifs is 1. The van der Waals surface area contributed by atoms with Crippen LogP contribution in [0, 0.1) is 11.3 Å². The molecule has 2 amide bonds. The topological polar surface area (TPSA) is 95.3 Å². The second-order valence-electron chi connectivity index (χ2n) is 7.00. The van der Waals surface area contributed by atoms with E-state index < -0.39 is 11.6 Å². The lowest BCUT2D eigenvalue weighted by molar-refractivity contribution is -0.129. The number of hydrogen-bond donors (Lipinski definition) is 1. The quantitative estimate of drug-likeness (QED) is 0.830. The predicted molar refractivity (Wildman–Crippen MR) is 108 cm³/mol. The second-order valence-corrected chi connectivity index (χ2v) is 8.00. The number of benzene rings is 1. The van der Waals surface area contributed by atoms with Crippen LogP contribution in [0.4, 0.5) is 0 Å². The molecule has 1 aliphatic heterocycles. The molecule has 1 N–H and O–H groups in total. The Morgan fingerprint density at radius 1 is 1.43 bits per heavy atom. The summed E-state index contributed by atoms with van der Waals surface area (Å²) in [5, 5.41) is 12.5. The van der Waals surface area contributed by atoms with Gasteiger partial charge >= 0.3 is 0 Å². The van der Waals surface area contributed by atoms with Crippen molar-refractivity contribution in [2.24, 2.45) is 0 Å². The van der Waals surface area contributed by atoms with E-state index in [0.29, 0.717) is 28.1 Å². The van der Waals surface area contributed by atoms with E-state index in [4.69, 9.17) is 10.00 Å². The lowest BCUT2D eigenvalue weighted by Gasteiger charge is -2.24. The first-order valence-electron chi connectivity index (χ1n) is 8.87. The highest BCUT2D eigenvalue weighted by Gasteiger charge is 2.29. The molecule has 1 aromatic carbocycles. The number of nitriles is 1. The van der Waals surface area contributed by atoms with Gasteiger partial charge in [-0.15, -0.1) is 11.8 Å². The first-order valence-corrected chi connectivity index (χ1v) is 10.0. The molecule has 146 valence electrons. The van der Waals surface area contributed by atoms with Crippen LogP contribution in [0.1, 0.15) is 29.8 Å². The zero-order chi connectivity index (χ0) is 20.3. The van der Waals surface area contributed by atoms with Crippen molar-refractivity contribution in [2.45, 2.75) is 25.5 Å². The van der Waals surface area contributed by atoms with E-state index in [1.54, 1.807) is 19.4 Å². The maximum absolute atomic E-state index is 12.7. The third kappa shape index (κ3) is 3.96. The Balaban J connectivity index is 1.80. The summed E-state index contributed by atoms with van der Waals surface area (Å²) < 4.78 is 5.53. The van der Waals surface area contributed by atoms with Crippen LogP contribution in [-0.2, 0) is 15.1 Å². The lowest BCUT2D eigenvalue weighted by Crippen LogP contribution is -2.42. The fourth-order valence-electron chi connectivity index (χ4n) is 2.98. The van der Waals surface area contributed by atoms with Gasteiger partial charge in [0.2, 0.25) is 5.91 Å². The van der Waals surface area contributed by atoms with Gasteiger partial charge in [0.25, 0.3) is 5.91 Å². The molecular formula is C20H22N4O3S. The van der Waals surface area contributed by atoms with Gasteiger partial charge in [-0.1, -0.05) is 6.07 Å². The number of aromatic nitrogens is 1. The van der Waals surface area contributed by atoms with Gasteiger partial charge in [0.15, 0.2) is 0 Å². The monoisotopic (exact) mass is 398 g/mol. The molecule has 0 spiro atoms. The molecule has 1 fully saturated rings. The van der Waals surface area contributed by atoms with E-state index in [-0.39, 0.29) is 18.4 Å². The lowest BCUT2D eigenvalue weighted by atomic mass is 9.95. The summed E-state index contributed by atoms with van der Waals surface area (Å²) in [5.74, 6) is 0.460. The molecule has 1 aromatic heterocycles. The van der Waals surface area contributed by atoms with Crippen molar-refractivity contribution in [1.82, 2.24) is 15.2 Å². The van der Waals surface area contributed by atoms with Crippen LogP contribution in [0.2, 0.25) is 0 Å². The van der Waals surface area contributed by atoms with Crippen LogP contribution in [0.3, 0.4) is 0 Å². The molecule has 0 aliphatic carbocycles. The average Bonchev–Trinajstić information content (AvgIpc) is 3.19. The summed E-state index contributed by atoms with van der Waals surface area (Å²) in [5.41, 5.74) is 1.55. The number of carbonyl (C=O) groups is 2. The van der Waals surface area contributed by atoms with Crippen LogP contribution < -0.4 is 5.32 Å². The van der Waals surface area contributed by atoms with Crippen LogP contribution in [0.25, 0.3) is 10.9 Å². The Hall–Kier alpha value is -2.63. The van der Waals surface area contributed by atoms with E-state index >= 15 is 0 Å². The number of amides is 2. The minimum Gasteiger partial charge on any atom is -0.374 e. The van der Waals surface area contributed by atoms with Gasteiger partial charge in [-0.2, -0.15) is 5.26 Å². The van der Waals surface area contributed by atoms with Gasteiger partial charge in [-0.05, 0) is 37.6 Å². The fraction of sp³-hybridized carbons (Fsp3) is 0.400. The van der Waals surface area contributed by atoms with Crippen molar-refractivity contribution in [2.75, 3.05) is 25.3 Å². The Bertz CT molecular complexity index is 954. The van der Waals surface area contributed by atoms with Crippen molar-refractivity contribution >= 4 is 34.5 Å². The SMILES string of the molecule is COC(C)(C)c1ccc2nccc(C(=O)NCC(=O)N3CSCC3C#N)c2c1. The number of rotatable bonds is 5. The van der Waals surface area contributed by atoms with Crippen molar-refractivity contribution in [3.8, 4) is 6.07 Å². The molecular weight excluding hydrogens is 376 g/mol. The van der Waals surface area contributed by atoms with E-state index in [9.17, 15) is 9.59 Å². The number of carbonyl (C=O) groups excluding carboxylic acids is 2. The van der Waals surface area contributed by atoms with E-state index in [1.807, 2.05) is 32.0 Å². The summed E-state index contributed by atoms with van der Waals surface area (Å²) in [6.45, 7) is 3.75. The van der Waals surface area contributed by atoms with Gasteiger partial charge < -0.3 is 15.0 Å². The van der Waals surface area contributed by atoms with Gasteiger partial charge in [0.05, 0.1) is 35.2 Å². The molecule has 7 nitrogen and oxygen atoms in total. The molecule has 1 aliphatic rings. The number of nitrogens with zero attached hydrogens (tertiary/aromatic N) is 3. The Morgan fingerprint density at radius 3 is 2.93 bits per heavy atom. The molecule has 2 aromatic rings. The van der Waals surface area contributed by atoms with Crippen LogP contribution in [-0.4, -0.2) is 53.0 Å². The zero-order valence-corrected chi connectivity index (χ0v) is 16.9. The second kappa shape index (κ2) is 8.17. The minimum atomic E-state index is -0.506. The van der Waals surface area contributed by atoms with Crippen molar-refractivity contribution in [1.29, 1.82) is 5.26 Å². The van der Waals surface area contributed by atoms with Gasteiger partial charge in [0.1, 0.15) is 6.04 Å². The molecule has 28 heavy (non-hydrogen) atoms. The average molecular weight is 398 g/mol. The highest BCUT2D eigenvalue weighted by Crippen LogP contribution is 2.28. The summed E-state index contributed by atoms with van der Waals surface area (Å²) in [6, 6.07) is 8.99. The molecule has 0 bridgehead atoms. The number of hydrogen-bond acceptors (Lipinski definition) is 6.